The van der Waals surface area contributed by atoms with Crippen molar-refractivity contribution in [2.75, 3.05) is 6.54 Å². The maximum Gasteiger partial charge on any atom is 0.134 e. The fraction of sp³-hybridized carbons (Fsp3) is 0.286. The standard InChI is InChI=1S/C14H16BrNO.ClH/c1-2-9-16-10-13-7-8-14(17-13)11-3-5-12(15)6-4-11;/h3-8,16H,2,9-10H2,1H3;1H. The molecule has 18 heavy (non-hydrogen) atoms. The minimum absolute atomic E-state index is 0. The van der Waals surface area contributed by atoms with Gasteiger partial charge in [-0.05, 0) is 37.2 Å². The van der Waals surface area contributed by atoms with E-state index in [0.29, 0.717) is 0 Å². The van der Waals surface area contributed by atoms with Gasteiger partial charge < -0.3 is 9.73 Å². The molecule has 0 aliphatic carbocycles. The van der Waals surface area contributed by atoms with Gasteiger partial charge in [-0.2, -0.15) is 0 Å². The quantitative estimate of drug-likeness (QED) is 0.809. The van der Waals surface area contributed by atoms with Gasteiger partial charge in [0.15, 0.2) is 0 Å². The first-order valence-corrected chi connectivity index (χ1v) is 6.64. The van der Waals surface area contributed by atoms with Crippen LogP contribution in [-0.4, -0.2) is 6.54 Å². The molecule has 1 N–H and O–H groups in total. The van der Waals surface area contributed by atoms with Crippen LogP contribution in [0.2, 0.25) is 0 Å². The van der Waals surface area contributed by atoms with Gasteiger partial charge in [0.05, 0.1) is 6.54 Å². The van der Waals surface area contributed by atoms with Gasteiger partial charge in [-0.25, -0.2) is 0 Å². The van der Waals surface area contributed by atoms with E-state index in [2.05, 4.69) is 28.2 Å². The zero-order valence-electron chi connectivity index (χ0n) is 10.3. The van der Waals surface area contributed by atoms with Crippen LogP contribution in [-0.2, 0) is 6.54 Å². The molecule has 2 rings (SSSR count). The molecule has 4 heteroatoms. The molecule has 0 unspecified atom stereocenters. The predicted octanol–water partition coefficient (Wildman–Crippen LogP) is 4.63. The lowest BCUT2D eigenvalue weighted by atomic mass is 10.2. The van der Waals surface area contributed by atoms with Crippen LogP contribution in [0, 0.1) is 0 Å². The van der Waals surface area contributed by atoms with Crippen LogP contribution in [0.4, 0.5) is 0 Å². The van der Waals surface area contributed by atoms with Gasteiger partial charge >= 0.3 is 0 Å². The average Bonchev–Trinajstić information content (AvgIpc) is 2.79. The molecular weight excluding hydrogens is 314 g/mol. The molecule has 1 aromatic carbocycles. The molecule has 0 bridgehead atoms. The topological polar surface area (TPSA) is 25.2 Å². The van der Waals surface area contributed by atoms with Gasteiger partial charge in [0.25, 0.3) is 0 Å². The van der Waals surface area contributed by atoms with E-state index in [1.54, 1.807) is 0 Å². The Hall–Kier alpha value is -0.770. The number of rotatable bonds is 5. The van der Waals surface area contributed by atoms with Gasteiger partial charge in [-0.3, -0.25) is 0 Å². The van der Waals surface area contributed by atoms with Gasteiger partial charge in [0, 0.05) is 10.0 Å². The Labute approximate surface area is 122 Å². The lowest BCUT2D eigenvalue weighted by molar-refractivity contribution is 0.493. The number of benzene rings is 1. The highest BCUT2D eigenvalue weighted by atomic mass is 79.9. The molecule has 0 aliphatic rings. The third-order valence-electron chi connectivity index (χ3n) is 2.52. The Morgan fingerprint density at radius 3 is 2.50 bits per heavy atom. The van der Waals surface area contributed by atoms with E-state index in [1.807, 2.05) is 36.4 Å². The first-order chi connectivity index (χ1) is 8.29. The Kier molecular flexibility index (Phi) is 6.47. The minimum atomic E-state index is 0. The summed E-state index contributed by atoms with van der Waals surface area (Å²) in [5.74, 6) is 1.90. The summed E-state index contributed by atoms with van der Waals surface area (Å²) >= 11 is 3.42. The monoisotopic (exact) mass is 329 g/mol. The Bertz CT molecular complexity index is 467. The van der Waals surface area contributed by atoms with Crippen molar-refractivity contribution in [1.82, 2.24) is 5.32 Å². The normalized spacial score (nSPS) is 10.1. The molecular formula is C14H17BrClNO. The lowest BCUT2D eigenvalue weighted by Gasteiger charge is -2.00. The molecule has 0 saturated heterocycles. The fourth-order valence-corrected chi connectivity index (χ4v) is 1.89. The van der Waals surface area contributed by atoms with Crippen LogP contribution >= 0.6 is 28.3 Å². The molecule has 0 atom stereocenters. The first-order valence-electron chi connectivity index (χ1n) is 5.85. The molecule has 0 radical (unpaired) electrons. The highest BCUT2D eigenvalue weighted by Gasteiger charge is 2.04. The number of hydrogen-bond donors (Lipinski definition) is 1. The highest BCUT2D eigenvalue weighted by molar-refractivity contribution is 9.10. The van der Waals surface area contributed by atoms with Crippen LogP contribution in [0.3, 0.4) is 0 Å². The summed E-state index contributed by atoms with van der Waals surface area (Å²) in [6.45, 7) is 3.97. The average molecular weight is 331 g/mol. The maximum absolute atomic E-state index is 5.78. The molecule has 2 nitrogen and oxygen atoms in total. The zero-order chi connectivity index (χ0) is 12.1. The predicted molar refractivity (Wildman–Crippen MR) is 81.1 cm³/mol. The summed E-state index contributed by atoms with van der Waals surface area (Å²) < 4.78 is 6.86. The molecule has 1 aromatic heterocycles. The van der Waals surface area contributed by atoms with E-state index in [9.17, 15) is 0 Å². The molecule has 0 saturated carbocycles. The SMILES string of the molecule is CCCNCc1ccc(-c2ccc(Br)cc2)o1.Cl. The molecule has 1 heterocycles. The second-order valence-electron chi connectivity index (χ2n) is 3.95. The van der Waals surface area contributed by atoms with Gasteiger partial charge in [0.2, 0.25) is 0 Å². The molecule has 98 valence electrons. The van der Waals surface area contributed by atoms with E-state index >= 15 is 0 Å². The molecule has 0 spiro atoms. The third-order valence-corrected chi connectivity index (χ3v) is 3.05. The van der Waals surface area contributed by atoms with Gasteiger partial charge in [0.1, 0.15) is 11.5 Å². The molecule has 0 aliphatic heterocycles. The summed E-state index contributed by atoms with van der Waals surface area (Å²) in [5.41, 5.74) is 1.11. The molecule has 0 fully saturated rings. The fourth-order valence-electron chi connectivity index (χ4n) is 1.63. The van der Waals surface area contributed by atoms with Crippen LogP contribution in [0.25, 0.3) is 11.3 Å². The van der Waals surface area contributed by atoms with Gasteiger partial charge in [-0.1, -0.05) is 35.0 Å². The summed E-state index contributed by atoms with van der Waals surface area (Å²) in [4.78, 5) is 0. The Balaban J connectivity index is 0.00000162. The number of nitrogens with one attached hydrogen (secondary N) is 1. The largest absolute Gasteiger partial charge is 0.460 e. The molecule has 0 amide bonds. The van der Waals surface area contributed by atoms with Crippen LogP contribution in [0.1, 0.15) is 19.1 Å². The zero-order valence-corrected chi connectivity index (χ0v) is 12.7. The Morgan fingerprint density at radius 1 is 1.11 bits per heavy atom. The van der Waals surface area contributed by atoms with Crippen LogP contribution in [0.5, 0.6) is 0 Å². The summed E-state index contributed by atoms with van der Waals surface area (Å²) in [6.07, 6.45) is 1.14. The van der Waals surface area contributed by atoms with Crippen molar-refractivity contribution >= 4 is 28.3 Å². The van der Waals surface area contributed by atoms with Crippen LogP contribution < -0.4 is 5.32 Å². The molecule has 2 aromatic rings. The van der Waals surface area contributed by atoms with E-state index in [0.717, 1.165) is 41.1 Å². The highest BCUT2D eigenvalue weighted by Crippen LogP contribution is 2.23. The smallest absolute Gasteiger partial charge is 0.134 e. The third kappa shape index (κ3) is 4.16. The minimum Gasteiger partial charge on any atom is -0.460 e. The van der Waals surface area contributed by atoms with E-state index in [4.69, 9.17) is 4.42 Å². The second kappa shape index (κ2) is 7.62. The van der Waals surface area contributed by atoms with Gasteiger partial charge in [-0.15, -0.1) is 12.4 Å². The number of halogens is 2. The first kappa shape index (κ1) is 15.3. The van der Waals surface area contributed by atoms with Crippen LogP contribution in [0.15, 0.2) is 45.3 Å². The summed E-state index contributed by atoms with van der Waals surface area (Å²) in [5, 5.41) is 3.32. The van der Waals surface area contributed by atoms with Crippen molar-refractivity contribution in [1.29, 1.82) is 0 Å². The van der Waals surface area contributed by atoms with E-state index in [-0.39, 0.29) is 12.4 Å². The summed E-state index contributed by atoms with van der Waals surface area (Å²) in [7, 11) is 0. The number of hydrogen-bond acceptors (Lipinski definition) is 2. The van der Waals surface area contributed by atoms with Crippen molar-refractivity contribution in [2.45, 2.75) is 19.9 Å². The van der Waals surface area contributed by atoms with E-state index in [1.165, 1.54) is 0 Å². The van der Waals surface area contributed by atoms with Crippen molar-refractivity contribution in [3.05, 3.63) is 46.6 Å². The Morgan fingerprint density at radius 2 is 1.83 bits per heavy atom. The second-order valence-corrected chi connectivity index (χ2v) is 4.87. The van der Waals surface area contributed by atoms with E-state index < -0.39 is 0 Å². The van der Waals surface area contributed by atoms with Crippen molar-refractivity contribution < 1.29 is 4.42 Å². The number of furan rings is 1. The van der Waals surface area contributed by atoms with Crippen molar-refractivity contribution in [3.8, 4) is 11.3 Å². The van der Waals surface area contributed by atoms with Crippen molar-refractivity contribution in [2.24, 2.45) is 0 Å². The maximum atomic E-state index is 5.78. The van der Waals surface area contributed by atoms with Crippen molar-refractivity contribution in [3.63, 3.8) is 0 Å². The lowest BCUT2D eigenvalue weighted by Crippen LogP contribution is -2.12. The summed E-state index contributed by atoms with van der Waals surface area (Å²) in [6, 6.07) is 12.2.